The fourth-order valence-corrected chi connectivity index (χ4v) is 3.76. The molecule has 0 N–H and O–H groups in total. The van der Waals surface area contributed by atoms with E-state index in [-0.39, 0.29) is 5.56 Å². The second kappa shape index (κ2) is 5.68. The Balaban J connectivity index is 1.98. The molecule has 7 heteroatoms. The van der Waals surface area contributed by atoms with Crippen molar-refractivity contribution in [2.75, 3.05) is 7.11 Å². The van der Waals surface area contributed by atoms with Gasteiger partial charge in [-0.25, -0.2) is 15.0 Å². The molecular weight excluding hydrogens is 324 g/mol. The van der Waals surface area contributed by atoms with Gasteiger partial charge < -0.3 is 4.74 Å². The summed E-state index contributed by atoms with van der Waals surface area (Å²) >= 11 is 1.36. The van der Waals surface area contributed by atoms with Crippen LogP contribution in [0.1, 0.15) is 12.6 Å². The van der Waals surface area contributed by atoms with Crippen LogP contribution in [0.2, 0.25) is 0 Å². The molecule has 3 heterocycles. The van der Waals surface area contributed by atoms with E-state index in [0.29, 0.717) is 10.2 Å². The molecule has 4 aromatic rings. The molecule has 0 aliphatic carbocycles. The molecule has 1 aromatic carbocycles. The van der Waals surface area contributed by atoms with Crippen LogP contribution in [0.25, 0.3) is 26.1 Å². The Kier molecular flexibility index (Phi) is 3.50. The SMILES string of the molecule is CCc1ncnc2sc3c(=O)n(-c4ccc(OC)cc4)cnc3c12. The van der Waals surface area contributed by atoms with E-state index in [1.54, 1.807) is 19.8 Å². The van der Waals surface area contributed by atoms with Crippen LogP contribution in [0.3, 0.4) is 0 Å². The number of nitrogens with zero attached hydrogens (tertiary/aromatic N) is 4. The Morgan fingerprint density at radius 3 is 2.67 bits per heavy atom. The fourth-order valence-electron chi connectivity index (χ4n) is 2.72. The lowest BCUT2D eigenvalue weighted by Gasteiger charge is -2.06. The minimum absolute atomic E-state index is 0.102. The van der Waals surface area contributed by atoms with Crippen molar-refractivity contribution in [3.8, 4) is 11.4 Å². The van der Waals surface area contributed by atoms with Crippen LogP contribution in [0, 0.1) is 0 Å². The van der Waals surface area contributed by atoms with Crippen molar-refractivity contribution < 1.29 is 4.74 Å². The van der Waals surface area contributed by atoms with Crippen molar-refractivity contribution in [3.05, 3.63) is 53.0 Å². The van der Waals surface area contributed by atoms with Gasteiger partial charge in [-0.05, 0) is 30.7 Å². The number of hydrogen-bond acceptors (Lipinski definition) is 6. The van der Waals surface area contributed by atoms with Crippen molar-refractivity contribution in [1.29, 1.82) is 0 Å². The van der Waals surface area contributed by atoms with E-state index in [1.165, 1.54) is 15.9 Å². The summed E-state index contributed by atoms with van der Waals surface area (Å²) in [4.78, 5) is 26.8. The Bertz CT molecular complexity index is 1100. The molecule has 0 fully saturated rings. The monoisotopic (exact) mass is 338 g/mol. The lowest BCUT2D eigenvalue weighted by Crippen LogP contribution is -2.17. The Hall–Kier alpha value is -2.80. The third kappa shape index (κ3) is 2.16. The van der Waals surface area contributed by atoms with Gasteiger partial charge in [-0.1, -0.05) is 6.92 Å². The number of ether oxygens (including phenoxy) is 1. The third-order valence-corrected chi connectivity index (χ3v) is 5.02. The first-order chi connectivity index (χ1) is 11.7. The van der Waals surface area contributed by atoms with Crippen molar-refractivity contribution >= 4 is 31.8 Å². The molecule has 0 saturated carbocycles. The Labute approximate surface area is 141 Å². The summed E-state index contributed by atoms with van der Waals surface area (Å²) in [6.45, 7) is 2.03. The molecule has 0 bridgehead atoms. The van der Waals surface area contributed by atoms with Crippen molar-refractivity contribution in [1.82, 2.24) is 19.5 Å². The number of thiophene rings is 1. The molecule has 0 unspecified atom stereocenters. The smallest absolute Gasteiger partial charge is 0.275 e. The largest absolute Gasteiger partial charge is 0.497 e. The van der Waals surface area contributed by atoms with Crippen molar-refractivity contribution in [2.45, 2.75) is 13.3 Å². The molecule has 0 radical (unpaired) electrons. The van der Waals surface area contributed by atoms with Crippen LogP contribution in [-0.2, 0) is 6.42 Å². The van der Waals surface area contributed by atoms with Crippen LogP contribution >= 0.6 is 11.3 Å². The molecule has 4 rings (SSSR count). The number of benzene rings is 1. The van der Waals surface area contributed by atoms with Gasteiger partial charge in [0.15, 0.2) is 0 Å². The number of methoxy groups -OCH3 is 1. The number of fused-ring (bicyclic) bond motifs is 3. The number of aromatic nitrogens is 4. The predicted octanol–water partition coefficient (Wildman–Crippen LogP) is 2.96. The van der Waals surface area contributed by atoms with Gasteiger partial charge in [0.2, 0.25) is 0 Å². The van der Waals surface area contributed by atoms with E-state index < -0.39 is 0 Å². The Morgan fingerprint density at radius 1 is 1.17 bits per heavy atom. The van der Waals surface area contributed by atoms with Crippen LogP contribution in [-0.4, -0.2) is 26.6 Å². The molecule has 24 heavy (non-hydrogen) atoms. The molecule has 0 spiro atoms. The number of aryl methyl sites for hydroxylation is 1. The minimum atomic E-state index is -0.102. The van der Waals surface area contributed by atoms with Gasteiger partial charge in [0.1, 0.15) is 27.9 Å². The van der Waals surface area contributed by atoms with Crippen LogP contribution in [0.15, 0.2) is 41.7 Å². The average molecular weight is 338 g/mol. The lowest BCUT2D eigenvalue weighted by atomic mass is 10.2. The van der Waals surface area contributed by atoms with Gasteiger partial charge in [0, 0.05) is 0 Å². The molecule has 0 atom stereocenters. The summed E-state index contributed by atoms with van der Waals surface area (Å²) in [5, 5.41) is 0.888. The van der Waals surface area contributed by atoms with Crippen molar-refractivity contribution in [3.63, 3.8) is 0 Å². The molecule has 120 valence electrons. The predicted molar refractivity (Wildman–Crippen MR) is 94.2 cm³/mol. The summed E-state index contributed by atoms with van der Waals surface area (Å²) in [5.74, 6) is 0.741. The van der Waals surface area contributed by atoms with Gasteiger partial charge >= 0.3 is 0 Å². The summed E-state index contributed by atoms with van der Waals surface area (Å²) in [5.41, 5.74) is 2.24. The summed E-state index contributed by atoms with van der Waals surface area (Å²) in [7, 11) is 1.61. The van der Waals surface area contributed by atoms with E-state index in [0.717, 1.165) is 33.8 Å². The molecule has 0 aliphatic rings. The zero-order chi connectivity index (χ0) is 16.7. The van der Waals surface area contributed by atoms with E-state index in [9.17, 15) is 4.79 Å². The third-order valence-electron chi connectivity index (χ3n) is 3.94. The molecule has 3 aromatic heterocycles. The number of hydrogen-bond donors (Lipinski definition) is 0. The maximum absolute atomic E-state index is 12.9. The second-order valence-corrected chi connectivity index (χ2v) is 6.25. The van der Waals surface area contributed by atoms with E-state index in [2.05, 4.69) is 15.0 Å². The standard InChI is InChI=1S/C17H14N4O2S/c1-3-12-13-14-15(24-16(13)19-8-18-12)17(22)21(9-20-14)10-4-6-11(23-2)7-5-10/h4-9H,3H2,1-2H3. The van der Waals surface area contributed by atoms with Crippen molar-refractivity contribution in [2.24, 2.45) is 0 Å². The summed E-state index contributed by atoms with van der Waals surface area (Å²) < 4.78 is 7.29. The van der Waals surface area contributed by atoms with Gasteiger partial charge in [0.05, 0.1) is 29.4 Å². The number of rotatable bonds is 3. The van der Waals surface area contributed by atoms with Gasteiger partial charge in [0.25, 0.3) is 5.56 Å². The normalized spacial score (nSPS) is 11.2. The minimum Gasteiger partial charge on any atom is -0.497 e. The van der Waals surface area contributed by atoms with Gasteiger partial charge in [-0.2, -0.15) is 0 Å². The van der Waals surface area contributed by atoms with Gasteiger partial charge in [-0.3, -0.25) is 9.36 Å². The molecular formula is C17H14N4O2S. The molecule has 0 aliphatic heterocycles. The van der Waals surface area contributed by atoms with E-state index in [1.807, 2.05) is 31.2 Å². The topological polar surface area (TPSA) is 69.9 Å². The zero-order valence-electron chi connectivity index (χ0n) is 13.2. The summed E-state index contributed by atoms with van der Waals surface area (Å²) in [6.07, 6.45) is 3.87. The van der Waals surface area contributed by atoms with E-state index in [4.69, 9.17) is 4.74 Å². The molecule has 0 amide bonds. The first-order valence-electron chi connectivity index (χ1n) is 7.51. The van der Waals surface area contributed by atoms with E-state index >= 15 is 0 Å². The second-order valence-electron chi connectivity index (χ2n) is 5.25. The maximum Gasteiger partial charge on any atom is 0.275 e. The highest BCUT2D eigenvalue weighted by Crippen LogP contribution is 2.30. The summed E-state index contributed by atoms with van der Waals surface area (Å²) in [6, 6.07) is 7.30. The van der Waals surface area contributed by atoms with Gasteiger partial charge in [-0.15, -0.1) is 11.3 Å². The zero-order valence-corrected chi connectivity index (χ0v) is 14.0. The highest BCUT2D eigenvalue weighted by atomic mass is 32.1. The fraction of sp³-hybridized carbons (Fsp3) is 0.176. The average Bonchev–Trinajstić information content (AvgIpc) is 3.02. The highest BCUT2D eigenvalue weighted by molar-refractivity contribution is 7.25. The Morgan fingerprint density at radius 2 is 1.96 bits per heavy atom. The van der Waals surface area contributed by atoms with Crippen LogP contribution in [0.4, 0.5) is 0 Å². The first kappa shape index (κ1) is 14.8. The van der Waals surface area contributed by atoms with Crippen LogP contribution < -0.4 is 10.3 Å². The molecule has 6 nitrogen and oxygen atoms in total. The first-order valence-corrected chi connectivity index (χ1v) is 8.32. The maximum atomic E-state index is 12.9. The molecule has 0 saturated heterocycles. The lowest BCUT2D eigenvalue weighted by molar-refractivity contribution is 0.414. The highest BCUT2D eigenvalue weighted by Gasteiger charge is 2.16. The quantitative estimate of drug-likeness (QED) is 0.574. The van der Waals surface area contributed by atoms with Crippen LogP contribution in [0.5, 0.6) is 5.75 Å².